The number of hydrogen-bond acceptors (Lipinski definition) is 34. The van der Waals surface area contributed by atoms with Crippen LogP contribution in [0.2, 0.25) is 0 Å². The van der Waals surface area contributed by atoms with Gasteiger partial charge in [0.05, 0.1) is 128 Å². The molecule has 12 unspecified atom stereocenters. The molecule has 4 aliphatic rings. The molecule has 1 amide bonds. The predicted octanol–water partition coefficient (Wildman–Crippen LogP) is 2.71. The van der Waals surface area contributed by atoms with Crippen molar-refractivity contribution < 1.29 is 186 Å². The Bertz CT molecular complexity index is 2620. The fourth-order valence-corrected chi connectivity index (χ4v) is 15.5. The van der Waals surface area contributed by atoms with Gasteiger partial charge < -0.3 is 128 Å². The van der Waals surface area contributed by atoms with E-state index in [1.807, 2.05) is 0 Å². The summed E-state index contributed by atoms with van der Waals surface area (Å²) in [5.41, 5.74) is -2.34. The molecular formula is C63H124NO39P5. The molecule has 4 fully saturated rings. The minimum atomic E-state index is -5.09. The second kappa shape index (κ2) is 51.5. The smallest absolute Gasteiger partial charge is 0.394 e. The van der Waals surface area contributed by atoms with Crippen molar-refractivity contribution in [1.29, 1.82) is 0 Å². The normalized spacial score (nSPS) is 31.2. The summed E-state index contributed by atoms with van der Waals surface area (Å²) in [5, 5.41) is 92.5. The Balaban J connectivity index is 1.34. The summed E-state index contributed by atoms with van der Waals surface area (Å²) in [7, 11) is -22.9. The van der Waals surface area contributed by atoms with Gasteiger partial charge in [-0.1, -0.05) is 66.2 Å². The molecule has 45 heteroatoms. The Morgan fingerprint density at radius 3 is 1.11 bits per heavy atom. The van der Waals surface area contributed by atoms with Gasteiger partial charge in [0.15, 0.2) is 18.9 Å². The van der Waals surface area contributed by atoms with E-state index < -0.39 is 206 Å². The number of hydrogen-bond donors (Lipinski definition) is 15. The lowest BCUT2D eigenvalue weighted by molar-refractivity contribution is -0.282. The zero-order valence-corrected chi connectivity index (χ0v) is 67.1. The van der Waals surface area contributed by atoms with E-state index in [0.29, 0.717) is 77.0 Å². The van der Waals surface area contributed by atoms with Gasteiger partial charge >= 0.3 is 38.9 Å². The number of amides is 1. The topological polar surface area (TPSA) is 573 Å². The van der Waals surface area contributed by atoms with Crippen molar-refractivity contribution in [2.24, 2.45) is 17.3 Å². The maximum atomic E-state index is 13.8. The van der Waals surface area contributed by atoms with Crippen molar-refractivity contribution in [1.82, 2.24) is 5.32 Å². The fourth-order valence-electron chi connectivity index (χ4n) is 11.4. The molecule has 0 spiro atoms. The Morgan fingerprint density at radius 1 is 0.417 bits per heavy atom. The van der Waals surface area contributed by atoms with Gasteiger partial charge in [-0.05, 0) is 64.7 Å². The number of carbonyl (C=O) groups excluding carboxylic acids is 1. The van der Waals surface area contributed by atoms with E-state index in [4.69, 9.17) is 88.1 Å². The average Bonchev–Trinajstić information content (AvgIpc) is 1.23. The summed E-state index contributed by atoms with van der Waals surface area (Å²) >= 11 is 0. The number of ether oxygens (including phenoxy) is 10. The first-order valence-corrected chi connectivity index (χ1v) is 44.5. The highest BCUT2D eigenvalue weighted by Gasteiger charge is 2.48. The van der Waals surface area contributed by atoms with Gasteiger partial charge in [0.2, 0.25) is 5.91 Å². The third-order valence-electron chi connectivity index (χ3n) is 17.9. The largest absolute Gasteiger partial charge is 0.472 e. The van der Waals surface area contributed by atoms with E-state index in [0.717, 1.165) is 0 Å². The minimum absolute atomic E-state index is 0.00823. The third kappa shape index (κ3) is 37.7. The van der Waals surface area contributed by atoms with E-state index in [9.17, 15) is 98.0 Å². The highest BCUT2D eigenvalue weighted by molar-refractivity contribution is 7.53. The highest BCUT2D eigenvalue weighted by Crippen LogP contribution is 2.52. The van der Waals surface area contributed by atoms with E-state index in [1.165, 1.54) is 20.8 Å². The molecule has 40 nitrogen and oxygen atoms in total. The molecule has 15 N–H and O–H groups in total. The Hall–Kier alpha value is -0.700. The second-order valence-electron chi connectivity index (χ2n) is 27.6. The number of phosphoric acid groups is 4. The second-order valence-corrected chi connectivity index (χ2v) is 35.8. The predicted molar refractivity (Wildman–Crippen MR) is 377 cm³/mol. The molecule has 23 atom stereocenters. The van der Waals surface area contributed by atoms with Crippen molar-refractivity contribution in [3.05, 3.63) is 0 Å². The number of unbranched alkanes of at least 4 members (excludes halogenated alkanes) is 9. The van der Waals surface area contributed by atoms with Crippen LogP contribution >= 0.6 is 38.9 Å². The molecule has 4 aliphatic heterocycles. The molecule has 640 valence electrons. The average molecular weight is 1670 g/mol. The lowest BCUT2D eigenvalue weighted by Gasteiger charge is -2.42. The molecule has 0 aromatic carbocycles. The highest BCUT2D eigenvalue weighted by atomic mass is 31.2. The molecule has 0 bridgehead atoms. The van der Waals surface area contributed by atoms with Crippen LogP contribution in [0.15, 0.2) is 0 Å². The molecule has 4 saturated heterocycles. The zero-order valence-electron chi connectivity index (χ0n) is 62.6. The molecule has 108 heavy (non-hydrogen) atoms. The van der Waals surface area contributed by atoms with Gasteiger partial charge in [0, 0.05) is 64.8 Å². The van der Waals surface area contributed by atoms with Gasteiger partial charge in [-0.15, -0.1) is 0 Å². The quantitative estimate of drug-likeness (QED) is 0.0307. The van der Waals surface area contributed by atoms with Crippen molar-refractivity contribution in [3.63, 3.8) is 0 Å². The van der Waals surface area contributed by atoms with Gasteiger partial charge in [0.25, 0.3) is 0 Å². The van der Waals surface area contributed by atoms with Gasteiger partial charge in [-0.3, -0.25) is 45.5 Å². The van der Waals surface area contributed by atoms with E-state index in [2.05, 4.69) is 5.32 Å². The van der Waals surface area contributed by atoms with Gasteiger partial charge in [-0.2, -0.15) is 0 Å². The Morgan fingerprint density at radius 2 is 0.750 bits per heavy atom. The van der Waals surface area contributed by atoms with Crippen LogP contribution in [0.1, 0.15) is 144 Å². The summed E-state index contributed by atoms with van der Waals surface area (Å²) in [6.07, 6.45) is -10.1. The summed E-state index contributed by atoms with van der Waals surface area (Å²) in [4.78, 5) is 64.8. The van der Waals surface area contributed by atoms with Crippen LogP contribution in [-0.4, -0.2) is 312 Å². The zero-order chi connectivity index (χ0) is 80.1. The van der Waals surface area contributed by atoms with Crippen molar-refractivity contribution in [2.75, 3.05) is 132 Å². The molecule has 0 aliphatic carbocycles. The molecular weight excluding hydrogens is 1550 g/mol. The first kappa shape index (κ1) is 99.7. The Kier molecular flexibility index (Phi) is 47.5. The van der Waals surface area contributed by atoms with Crippen LogP contribution in [0.5, 0.6) is 0 Å². The molecule has 0 aromatic heterocycles. The van der Waals surface area contributed by atoms with Crippen molar-refractivity contribution >= 4 is 44.8 Å². The standard InChI is InChI=1S/C63H124NO39P5/c1-43(2)104(75,76)103-48-34-44(3)99-52(48)38-97-108(83,84)98-42-63(39-85-22-19-31-94-105(77,78)91-28-16-10-7-13-25-88-60-45(4)54(69)56(71)49(35-65)100-60,40-86-23-20-32-95-106(79,80)92-29-17-11-8-14-26-89-61-46(5)55(70)57(72)50(36-66)101-61)41-87-24-21-33-96-107(81,82)93-30-18-12-9-15-27-90-62-53(64-47(6)68)59(74)58(73)51(37-67)102-62/h43-46,48-62,65-67,69-74H,7-42H2,1-6H3,(H,64,68)(H,75,76)(H,77,78)(H,79,80)(H,81,82)(H,83,84)/t44-,45-,46-,48?,49?,50?,51?,52+,53-,54?,55?,56-,57-,58-,59?,60+,61+,62+,63?/m0/s1. The molecule has 0 radical (unpaired) electrons. The lowest BCUT2D eigenvalue weighted by atomic mass is 9.92. The number of aliphatic hydroxyl groups is 9. The van der Waals surface area contributed by atoms with Crippen LogP contribution in [0.3, 0.4) is 0 Å². The summed E-state index contributed by atoms with van der Waals surface area (Å²) in [6, 6.07) is -1.10. The van der Waals surface area contributed by atoms with Gasteiger partial charge in [0.1, 0.15) is 54.9 Å². The van der Waals surface area contributed by atoms with Crippen LogP contribution in [0.4, 0.5) is 0 Å². The third-order valence-corrected chi connectivity index (χ3v) is 23.8. The fraction of sp³-hybridized carbons (Fsp3) is 0.984. The van der Waals surface area contributed by atoms with E-state index in [-0.39, 0.29) is 118 Å². The number of nitrogens with one attached hydrogen (secondary N) is 1. The minimum Gasteiger partial charge on any atom is -0.394 e. The molecule has 4 rings (SSSR count). The molecule has 4 heterocycles. The van der Waals surface area contributed by atoms with Crippen molar-refractivity contribution in [3.8, 4) is 0 Å². The molecule has 0 saturated carbocycles. The maximum Gasteiger partial charge on any atom is 0.472 e. The Labute approximate surface area is 631 Å². The van der Waals surface area contributed by atoms with Crippen LogP contribution in [0.25, 0.3) is 0 Å². The monoisotopic (exact) mass is 1670 g/mol. The number of phosphoric ester groups is 4. The maximum absolute atomic E-state index is 13.8. The van der Waals surface area contributed by atoms with Crippen LogP contribution in [-0.2, 0) is 116 Å². The summed E-state index contributed by atoms with van der Waals surface area (Å²) in [5.74, 6) is -1.61. The van der Waals surface area contributed by atoms with E-state index in [1.54, 1.807) is 20.8 Å². The molecule has 0 aromatic rings. The van der Waals surface area contributed by atoms with Gasteiger partial charge in [-0.25, -0.2) is 18.3 Å². The van der Waals surface area contributed by atoms with Crippen LogP contribution in [0, 0.1) is 17.3 Å². The SMILES string of the molecule is CC(=O)N[C@H]1C(O)[C@@H](O)C(CO)O[C@H]1OCCCCCCOP(=O)(O)OCCCOCC(COCCCOP(=O)(O)OCCCCCCO[C@@H]1OC(CO)[C@H](O)C(O)[C@@H]1C)(COCCCOP(=O)(O)OCCCCCCO[C@@H]1OC(CO)[C@H](O)C(O)[C@@H]1C)COP(=O)(O)OC[C@H]1O[C@@H](C)CC1OP(=O)(O)C(C)C. The van der Waals surface area contributed by atoms with Crippen molar-refractivity contribution in [2.45, 2.75) is 248 Å². The number of rotatable bonds is 61. The summed E-state index contributed by atoms with van der Waals surface area (Å²) in [6.45, 7) is 3.62. The lowest BCUT2D eigenvalue weighted by Crippen LogP contribution is -2.64. The first-order chi connectivity index (χ1) is 51.0. The van der Waals surface area contributed by atoms with E-state index >= 15 is 0 Å². The summed E-state index contributed by atoms with van der Waals surface area (Å²) < 4.78 is 170. The number of aliphatic hydroxyl groups excluding tert-OH is 9. The first-order valence-electron chi connectivity index (χ1n) is 36.9. The van der Waals surface area contributed by atoms with Crippen LogP contribution < -0.4 is 5.32 Å². The number of carbonyl (C=O) groups is 1.